The summed E-state index contributed by atoms with van der Waals surface area (Å²) in [5, 5.41) is 3.41. The summed E-state index contributed by atoms with van der Waals surface area (Å²) in [5.74, 6) is 0.937. The molecule has 21 heavy (non-hydrogen) atoms. The monoisotopic (exact) mass is 280 g/mol. The summed E-state index contributed by atoms with van der Waals surface area (Å²) in [4.78, 5) is 4.75. The minimum Gasteiger partial charge on any atom is -0.369 e. The molecule has 3 heteroatoms. The van der Waals surface area contributed by atoms with Gasteiger partial charge in [0.05, 0.1) is 18.7 Å². The zero-order valence-corrected chi connectivity index (χ0v) is 12.2. The van der Waals surface area contributed by atoms with E-state index in [1.807, 2.05) is 24.3 Å². The van der Waals surface area contributed by atoms with Crippen LogP contribution in [-0.2, 0) is 11.3 Å². The molecule has 0 amide bonds. The van der Waals surface area contributed by atoms with Crippen LogP contribution in [0.5, 0.6) is 0 Å². The third-order valence-corrected chi connectivity index (χ3v) is 3.65. The molecule has 1 N–H and O–H groups in total. The predicted octanol–water partition coefficient (Wildman–Crippen LogP) is 3.33. The highest BCUT2D eigenvalue weighted by Crippen LogP contribution is 2.25. The van der Waals surface area contributed by atoms with E-state index < -0.39 is 0 Å². The lowest BCUT2D eigenvalue weighted by molar-refractivity contribution is 0.156. The molecule has 0 fully saturated rings. The summed E-state index contributed by atoms with van der Waals surface area (Å²) in [5.41, 5.74) is 2.43. The van der Waals surface area contributed by atoms with Gasteiger partial charge in [-0.15, -0.1) is 0 Å². The number of nitrogens with zero attached hydrogens (tertiary/aromatic N) is 1. The van der Waals surface area contributed by atoms with Crippen LogP contribution in [0.2, 0.25) is 0 Å². The Morgan fingerprint density at radius 3 is 2.33 bits per heavy atom. The molecule has 2 atom stereocenters. The number of hydrogen-bond acceptors (Lipinski definition) is 3. The fourth-order valence-electron chi connectivity index (χ4n) is 2.59. The van der Waals surface area contributed by atoms with E-state index in [9.17, 15) is 0 Å². The highest BCUT2D eigenvalue weighted by molar-refractivity contribution is 5.85. The molecule has 108 valence electrons. The van der Waals surface area contributed by atoms with E-state index in [4.69, 9.17) is 9.73 Å². The molecule has 0 radical (unpaired) electrons. The molecule has 1 aliphatic rings. The molecule has 2 aromatic rings. The lowest BCUT2D eigenvalue weighted by Gasteiger charge is -2.13. The normalized spacial score (nSPS) is 20.9. The van der Waals surface area contributed by atoms with Crippen molar-refractivity contribution in [2.45, 2.75) is 25.6 Å². The number of nitrogens with one attached hydrogen (secondary N) is 1. The van der Waals surface area contributed by atoms with Crippen molar-refractivity contribution in [2.75, 3.05) is 6.61 Å². The largest absolute Gasteiger partial charge is 0.369 e. The second-order valence-corrected chi connectivity index (χ2v) is 5.34. The van der Waals surface area contributed by atoms with E-state index in [-0.39, 0.29) is 6.04 Å². The van der Waals surface area contributed by atoms with E-state index in [0.29, 0.717) is 19.3 Å². The molecule has 2 aromatic carbocycles. The average molecular weight is 280 g/mol. The fourth-order valence-corrected chi connectivity index (χ4v) is 2.59. The molecule has 1 heterocycles. The summed E-state index contributed by atoms with van der Waals surface area (Å²) in [6.45, 7) is 3.31. The van der Waals surface area contributed by atoms with E-state index in [1.54, 1.807) is 0 Å². The molecule has 0 unspecified atom stereocenters. The van der Waals surface area contributed by atoms with Crippen molar-refractivity contribution in [2.24, 2.45) is 4.99 Å². The Balaban J connectivity index is 1.57. The Hall–Kier alpha value is -2.13. The molecule has 3 nitrogen and oxygen atoms in total. The number of aliphatic imine (C=N–C) groups is 1. The second-order valence-electron chi connectivity index (χ2n) is 5.34. The summed E-state index contributed by atoms with van der Waals surface area (Å²) in [6.07, 6.45) is 0. The zero-order chi connectivity index (χ0) is 14.5. The highest BCUT2D eigenvalue weighted by Gasteiger charge is 2.25. The molecule has 3 rings (SSSR count). The Morgan fingerprint density at radius 1 is 0.952 bits per heavy atom. The number of benzene rings is 2. The molecule has 0 bridgehead atoms. The number of ether oxygens (including phenoxy) is 1. The predicted molar refractivity (Wildman–Crippen MR) is 85.3 cm³/mol. The first-order chi connectivity index (χ1) is 10.3. The first-order valence-corrected chi connectivity index (χ1v) is 7.33. The van der Waals surface area contributed by atoms with E-state index in [2.05, 4.69) is 48.6 Å². The fraction of sp³-hybridized carbons (Fsp3) is 0.278. The van der Waals surface area contributed by atoms with Gasteiger partial charge in [0.1, 0.15) is 12.4 Å². The SMILES string of the molecule is C[C@@H]1NC(COCc2ccccc2)=N[C@@H]1c1ccccc1. The van der Waals surface area contributed by atoms with Crippen LogP contribution in [0, 0.1) is 0 Å². The summed E-state index contributed by atoms with van der Waals surface area (Å²) in [6, 6.07) is 21.1. The van der Waals surface area contributed by atoms with Crippen LogP contribution < -0.4 is 5.32 Å². The van der Waals surface area contributed by atoms with Gasteiger partial charge in [0, 0.05) is 0 Å². The zero-order valence-electron chi connectivity index (χ0n) is 12.2. The summed E-state index contributed by atoms with van der Waals surface area (Å²) < 4.78 is 5.74. The quantitative estimate of drug-likeness (QED) is 0.911. The molecule has 0 saturated carbocycles. The van der Waals surface area contributed by atoms with Gasteiger partial charge in [0.15, 0.2) is 0 Å². The van der Waals surface area contributed by atoms with Crippen molar-refractivity contribution in [1.29, 1.82) is 0 Å². The maximum Gasteiger partial charge on any atom is 0.124 e. The van der Waals surface area contributed by atoms with Gasteiger partial charge in [-0.1, -0.05) is 60.7 Å². The van der Waals surface area contributed by atoms with E-state index in [0.717, 1.165) is 5.84 Å². The standard InChI is InChI=1S/C18H20N2O/c1-14-18(16-10-6-3-7-11-16)20-17(19-14)13-21-12-15-8-4-2-5-9-15/h2-11,14,18H,12-13H2,1H3,(H,19,20)/t14-,18-/m0/s1. The van der Waals surface area contributed by atoms with Crippen LogP contribution in [0.4, 0.5) is 0 Å². The van der Waals surface area contributed by atoms with E-state index in [1.165, 1.54) is 11.1 Å². The summed E-state index contributed by atoms with van der Waals surface area (Å²) in [7, 11) is 0. The van der Waals surface area contributed by atoms with Crippen LogP contribution in [0.1, 0.15) is 24.1 Å². The Morgan fingerprint density at radius 2 is 1.62 bits per heavy atom. The number of rotatable bonds is 5. The van der Waals surface area contributed by atoms with Crippen molar-refractivity contribution in [3.05, 3.63) is 71.8 Å². The van der Waals surface area contributed by atoms with Gasteiger partial charge in [-0.05, 0) is 18.1 Å². The number of hydrogen-bond donors (Lipinski definition) is 1. The van der Waals surface area contributed by atoms with Gasteiger partial charge in [-0.25, -0.2) is 0 Å². The lowest BCUT2D eigenvalue weighted by atomic mass is 10.0. The molecule has 0 spiro atoms. The highest BCUT2D eigenvalue weighted by atomic mass is 16.5. The van der Waals surface area contributed by atoms with Crippen LogP contribution in [-0.4, -0.2) is 18.5 Å². The molecule has 0 aliphatic carbocycles. The topological polar surface area (TPSA) is 33.6 Å². The van der Waals surface area contributed by atoms with Gasteiger partial charge >= 0.3 is 0 Å². The first kappa shape index (κ1) is 13.8. The Labute approximate surface area is 125 Å². The minimum atomic E-state index is 0.182. The van der Waals surface area contributed by atoms with Crippen molar-refractivity contribution >= 4 is 5.84 Å². The van der Waals surface area contributed by atoms with Crippen molar-refractivity contribution in [1.82, 2.24) is 5.32 Å². The minimum absolute atomic E-state index is 0.182. The van der Waals surface area contributed by atoms with Crippen molar-refractivity contribution in [3.8, 4) is 0 Å². The van der Waals surface area contributed by atoms with Crippen LogP contribution in [0.3, 0.4) is 0 Å². The number of amidine groups is 1. The van der Waals surface area contributed by atoms with Crippen LogP contribution in [0.25, 0.3) is 0 Å². The smallest absolute Gasteiger partial charge is 0.124 e. The molecular formula is C18H20N2O. The van der Waals surface area contributed by atoms with E-state index >= 15 is 0 Å². The molecule has 0 aromatic heterocycles. The van der Waals surface area contributed by atoms with Gasteiger partial charge < -0.3 is 10.1 Å². The maximum absolute atomic E-state index is 5.74. The van der Waals surface area contributed by atoms with Crippen molar-refractivity contribution in [3.63, 3.8) is 0 Å². The molecule has 1 aliphatic heterocycles. The van der Waals surface area contributed by atoms with Crippen LogP contribution in [0.15, 0.2) is 65.7 Å². The maximum atomic E-state index is 5.74. The average Bonchev–Trinajstić information content (AvgIpc) is 2.90. The second kappa shape index (κ2) is 6.55. The van der Waals surface area contributed by atoms with Gasteiger partial charge in [-0.3, -0.25) is 4.99 Å². The Bertz CT molecular complexity index is 595. The Kier molecular flexibility index (Phi) is 4.31. The lowest BCUT2D eigenvalue weighted by Crippen LogP contribution is -2.31. The van der Waals surface area contributed by atoms with Gasteiger partial charge in [0.2, 0.25) is 0 Å². The molecular weight excluding hydrogens is 260 g/mol. The van der Waals surface area contributed by atoms with Gasteiger partial charge in [-0.2, -0.15) is 0 Å². The first-order valence-electron chi connectivity index (χ1n) is 7.33. The van der Waals surface area contributed by atoms with Crippen LogP contribution >= 0.6 is 0 Å². The van der Waals surface area contributed by atoms with Gasteiger partial charge in [0.25, 0.3) is 0 Å². The third-order valence-electron chi connectivity index (χ3n) is 3.65. The van der Waals surface area contributed by atoms with Crippen molar-refractivity contribution < 1.29 is 4.74 Å². The summed E-state index contributed by atoms with van der Waals surface area (Å²) >= 11 is 0. The molecule has 0 saturated heterocycles. The third kappa shape index (κ3) is 3.50.